The maximum absolute atomic E-state index is 5.88. The number of fused-ring (bicyclic) bond motifs is 1. The van der Waals surface area contributed by atoms with Crippen molar-refractivity contribution in [3.63, 3.8) is 0 Å². The zero-order valence-electron chi connectivity index (χ0n) is 20.9. The highest BCUT2D eigenvalue weighted by Crippen LogP contribution is 2.41. The molecule has 3 heterocycles. The van der Waals surface area contributed by atoms with Crippen molar-refractivity contribution in [1.82, 2.24) is 24.7 Å². The minimum Gasteiger partial charge on any atom is -0.352 e. The Morgan fingerprint density at radius 1 is 1.00 bits per heavy atom. The molecule has 1 saturated heterocycles. The maximum Gasteiger partial charge on any atom is 0.170 e. The molecule has 2 aromatic carbocycles. The Kier molecular flexibility index (Phi) is 6.58. The molecule has 0 unspecified atom stereocenters. The highest BCUT2D eigenvalue weighted by Gasteiger charge is 2.41. The molecule has 2 aromatic heterocycles. The van der Waals surface area contributed by atoms with Gasteiger partial charge in [0.05, 0.1) is 23.5 Å². The number of benzene rings is 2. The molecule has 5 rings (SSSR count). The summed E-state index contributed by atoms with van der Waals surface area (Å²) in [4.78, 5) is 9.30. The van der Waals surface area contributed by atoms with E-state index in [0.717, 1.165) is 30.3 Å². The molecule has 0 spiro atoms. The summed E-state index contributed by atoms with van der Waals surface area (Å²) in [6, 6.07) is 23.7. The number of aromatic nitrogens is 2. The van der Waals surface area contributed by atoms with E-state index in [1.807, 2.05) is 12.3 Å². The van der Waals surface area contributed by atoms with E-state index in [1.165, 1.54) is 33.4 Å². The molecule has 1 aliphatic heterocycles. The molecule has 5 nitrogen and oxygen atoms in total. The van der Waals surface area contributed by atoms with Gasteiger partial charge in [0.2, 0.25) is 0 Å². The van der Waals surface area contributed by atoms with Gasteiger partial charge < -0.3 is 19.7 Å². The topological polar surface area (TPSA) is 36.3 Å². The zero-order chi connectivity index (χ0) is 24.5. The van der Waals surface area contributed by atoms with Gasteiger partial charge in [-0.1, -0.05) is 42.5 Å². The first-order chi connectivity index (χ1) is 17.0. The predicted octanol–water partition coefficient (Wildman–Crippen LogP) is 5.57. The van der Waals surface area contributed by atoms with Gasteiger partial charge in [0.25, 0.3) is 0 Å². The third kappa shape index (κ3) is 4.44. The van der Waals surface area contributed by atoms with Gasteiger partial charge >= 0.3 is 0 Å². The number of hydrogen-bond donors (Lipinski definition) is 1. The van der Waals surface area contributed by atoms with Crippen molar-refractivity contribution >= 4 is 28.1 Å². The molecular weight excluding hydrogens is 450 g/mol. The molecule has 1 N–H and O–H groups in total. The smallest absolute Gasteiger partial charge is 0.170 e. The number of hydrogen-bond acceptors (Lipinski definition) is 3. The molecule has 1 aliphatic rings. The van der Waals surface area contributed by atoms with Crippen LogP contribution in [0.5, 0.6) is 0 Å². The van der Waals surface area contributed by atoms with Crippen LogP contribution >= 0.6 is 12.2 Å². The molecule has 0 bridgehead atoms. The van der Waals surface area contributed by atoms with E-state index >= 15 is 0 Å². The summed E-state index contributed by atoms with van der Waals surface area (Å²) in [7, 11) is 4.24. The van der Waals surface area contributed by atoms with Gasteiger partial charge in [0, 0.05) is 29.5 Å². The maximum atomic E-state index is 5.88. The lowest BCUT2D eigenvalue weighted by atomic mass is 9.96. The quantitative estimate of drug-likeness (QED) is 0.348. The molecule has 6 heteroatoms. The fourth-order valence-electron chi connectivity index (χ4n) is 5.40. The van der Waals surface area contributed by atoms with Crippen LogP contribution in [0.3, 0.4) is 0 Å². The molecule has 0 radical (unpaired) electrons. The molecule has 0 aliphatic carbocycles. The largest absolute Gasteiger partial charge is 0.352 e. The lowest BCUT2D eigenvalue weighted by molar-refractivity contribution is 0.292. The minimum absolute atomic E-state index is 0.00419. The first-order valence-electron chi connectivity index (χ1n) is 12.3. The SMILES string of the molecule is Cc1cc([C@@H]2[C@H](c3ccccn3)NC(=S)N2CCCN(C)C)c(C)n1-c1cccc2ccccc12. The molecule has 0 saturated carbocycles. The van der Waals surface area contributed by atoms with Crippen molar-refractivity contribution in [1.29, 1.82) is 0 Å². The van der Waals surface area contributed by atoms with Gasteiger partial charge in [-0.2, -0.15) is 0 Å². The highest BCUT2D eigenvalue weighted by atomic mass is 32.1. The number of thiocarbonyl (C=S) groups is 1. The van der Waals surface area contributed by atoms with Crippen molar-refractivity contribution < 1.29 is 0 Å². The summed E-state index contributed by atoms with van der Waals surface area (Å²) in [6.07, 6.45) is 2.91. The summed E-state index contributed by atoms with van der Waals surface area (Å²) in [6.45, 7) is 6.36. The van der Waals surface area contributed by atoms with Crippen LogP contribution in [0.4, 0.5) is 0 Å². The zero-order valence-corrected chi connectivity index (χ0v) is 21.7. The van der Waals surface area contributed by atoms with E-state index in [4.69, 9.17) is 17.2 Å². The van der Waals surface area contributed by atoms with E-state index in [0.29, 0.717) is 0 Å². The van der Waals surface area contributed by atoms with Gasteiger partial charge in [0.1, 0.15) is 0 Å². The average Bonchev–Trinajstić information content (AvgIpc) is 3.34. The van der Waals surface area contributed by atoms with Crippen molar-refractivity contribution in [3.05, 3.63) is 95.6 Å². The van der Waals surface area contributed by atoms with Gasteiger partial charge in [-0.25, -0.2) is 0 Å². The van der Waals surface area contributed by atoms with Crippen LogP contribution < -0.4 is 5.32 Å². The van der Waals surface area contributed by atoms with Crippen molar-refractivity contribution in [2.24, 2.45) is 0 Å². The third-order valence-corrected chi connectivity index (χ3v) is 7.35. The average molecular weight is 484 g/mol. The van der Waals surface area contributed by atoms with E-state index in [9.17, 15) is 0 Å². The Hall–Kier alpha value is -3.22. The Bertz CT molecular complexity index is 1340. The van der Waals surface area contributed by atoms with Crippen LogP contribution in [-0.2, 0) is 0 Å². The van der Waals surface area contributed by atoms with Gasteiger partial charge in [-0.05, 0) is 88.3 Å². The number of rotatable bonds is 7. The van der Waals surface area contributed by atoms with Crippen molar-refractivity contribution in [2.75, 3.05) is 27.2 Å². The van der Waals surface area contributed by atoms with Gasteiger partial charge in [-0.15, -0.1) is 0 Å². The summed E-state index contributed by atoms with van der Waals surface area (Å²) in [5.41, 5.74) is 5.99. The molecular formula is C29H33N5S. The molecule has 4 aromatic rings. The van der Waals surface area contributed by atoms with Crippen LogP contribution in [0.25, 0.3) is 16.5 Å². The number of nitrogens with one attached hydrogen (secondary N) is 1. The van der Waals surface area contributed by atoms with Crippen molar-refractivity contribution in [3.8, 4) is 5.69 Å². The van der Waals surface area contributed by atoms with Crippen LogP contribution in [0.2, 0.25) is 0 Å². The second-order valence-corrected chi connectivity index (χ2v) is 10.0. The fraction of sp³-hybridized carbons (Fsp3) is 0.310. The fourth-order valence-corrected chi connectivity index (χ4v) is 5.73. The summed E-state index contributed by atoms with van der Waals surface area (Å²) >= 11 is 5.88. The van der Waals surface area contributed by atoms with Gasteiger partial charge in [-0.3, -0.25) is 4.98 Å². The highest BCUT2D eigenvalue weighted by molar-refractivity contribution is 7.80. The van der Waals surface area contributed by atoms with E-state index in [2.05, 4.69) is 108 Å². The Morgan fingerprint density at radius 3 is 2.54 bits per heavy atom. The lowest BCUT2D eigenvalue weighted by Crippen LogP contribution is -2.32. The first-order valence-corrected chi connectivity index (χ1v) is 12.7. The van der Waals surface area contributed by atoms with Gasteiger partial charge in [0.15, 0.2) is 5.11 Å². The molecule has 0 amide bonds. The summed E-state index contributed by atoms with van der Waals surface area (Å²) in [5, 5.41) is 6.92. The molecule has 1 fully saturated rings. The standard InChI is InChI=1S/C29H33N5S/c1-20-19-24(21(2)34(20)26-15-9-12-22-11-5-6-13-23(22)26)28-27(25-14-7-8-16-30-25)31-29(35)33(28)18-10-17-32(3)4/h5-9,11-16,19,27-28H,10,17-18H2,1-4H3,(H,31,35)/t27-,28+/m0/s1. The van der Waals surface area contributed by atoms with Crippen LogP contribution in [0, 0.1) is 13.8 Å². The second kappa shape index (κ2) is 9.80. The predicted molar refractivity (Wildman–Crippen MR) is 148 cm³/mol. The Balaban J connectivity index is 1.61. The number of nitrogens with zero attached hydrogens (tertiary/aromatic N) is 4. The van der Waals surface area contributed by atoms with E-state index < -0.39 is 0 Å². The van der Waals surface area contributed by atoms with E-state index in [1.54, 1.807) is 0 Å². The summed E-state index contributed by atoms with van der Waals surface area (Å²) < 4.78 is 2.40. The normalized spacial score (nSPS) is 18.0. The number of aryl methyl sites for hydroxylation is 1. The summed E-state index contributed by atoms with van der Waals surface area (Å²) in [5.74, 6) is 0. The minimum atomic E-state index is 0.00419. The molecule has 2 atom stereocenters. The molecule has 180 valence electrons. The van der Waals surface area contributed by atoms with E-state index in [-0.39, 0.29) is 12.1 Å². The number of pyridine rings is 1. The van der Waals surface area contributed by atoms with Crippen LogP contribution in [0.1, 0.15) is 41.1 Å². The lowest BCUT2D eigenvalue weighted by Gasteiger charge is -2.28. The Morgan fingerprint density at radius 2 is 1.77 bits per heavy atom. The second-order valence-electron chi connectivity index (χ2n) is 9.64. The van der Waals surface area contributed by atoms with Crippen LogP contribution in [-0.4, -0.2) is 51.6 Å². The van der Waals surface area contributed by atoms with Crippen LogP contribution in [0.15, 0.2) is 72.9 Å². The third-order valence-electron chi connectivity index (χ3n) is 7.00. The monoisotopic (exact) mass is 483 g/mol. The first kappa shape index (κ1) is 23.5. The van der Waals surface area contributed by atoms with Crippen molar-refractivity contribution in [2.45, 2.75) is 32.4 Å². The Labute approximate surface area is 213 Å². The molecule has 35 heavy (non-hydrogen) atoms.